The number of esters is 1. The van der Waals surface area contributed by atoms with Crippen molar-refractivity contribution >= 4 is 40.7 Å². The van der Waals surface area contributed by atoms with Crippen LogP contribution in [-0.2, 0) is 14.0 Å². The monoisotopic (exact) mass is 276 g/mol. The van der Waals surface area contributed by atoms with E-state index < -0.39 is 8.31 Å². The average molecular weight is 277 g/mol. The molecule has 0 amide bonds. The summed E-state index contributed by atoms with van der Waals surface area (Å²) in [6.07, 6.45) is 1.98. The Labute approximate surface area is 99.2 Å². The van der Waals surface area contributed by atoms with Gasteiger partial charge in [-0.05, 0) is 13.3 Å². The summed E-state index contributed by atoms with van der Waals surface area (Å²) in [5.41, 5.74) is 0.759. The van der Waals surface area contributed by atoms with Crippen molar-refractivity contribution in [3.63, 3.8) is 0 Å². The van der Waals surface area contributed by atoms with Gasteiger partial charge in [0.25, 0.3) is 0 Å². The molecule has 1 heterocycles. The Morgan fingerprint density at radius 1 is 1.73 bits per heavy atom. The van der Waals surface area contributed by atoms with Crippen LogP contribution in [0.15, 0.2) is 12.2 Å². The number of rotatable bonds is 4. The normalized spacial score (nSPS) is 28.0. The maximum absolute atomic E-state index is 11.4. The highest BCUT2D eigenvalue weighted by molar-refractivity contribution is 7.49. The molecule has 3 nitrogen and oxygen atoms in total. The minimum Gasteiger partial charge on any atom is -0.463 e. The standard InChI is InChI=1S/C8H20O3Si4/c1-4-7(11-8(9)6(2)3)15-5-10-12-13-14-15/h7,15H,2,4-5,12-14H2,1,3H3. The van der Waals surface area contributed by atoms with E-state index in [0.29, 0.717) is 5.57 Å². The summed E-state index contributed by atoms with van der Waals surface area (Å²) in [5, 5.41) is 0. The zero-order chi connectivity index (χ0) is 11.3. The fourth-order valence-electron chi connectivity index (χ4n) is 1.81. The molecular formula is C8H20O3Si4. The van der Waals surface area contributed by atoms with E-state index in [1.54, 1.807) is 6.92 Å². The summed E-state index contributed by atoms with van der Waals surface area (Å²) in [7, 11) is -0.374. The molecule has 2 atom stereocenters. The van der Waals surface area contributed by atoms with Crippen molar-refractivity contribution in [3.8, 4) is 0 Å². The Morgan fingerprint density at radius 3 is 2.93 bits per heavy atom. The lowest BCUT2D eigenvalue weighted by Gasteiger charge is -2.27. The molecule has 0 bridgehead atoms. The first kappa shape index (κ1) is 13.1. The molecule has 86 valence electrons. The number of carbonyl (C=O) groups is 1. The lowest BCUT2D eigenvalue weighted by molar-refractivity contribution is -0.141. The van der Waals surface area contributed by atoms with E-state index >= 15 is 0 Å². The predicted octanol–water partition coefficient (Wildman–Crippen LogP) is -2.03. The molecular weight excluding hydrogens is 256 g/mol. The number of ether oxygens (including phenoxy) is 1. The molecule has 0 aromatic heterocycles. The van der Waals surface area contributed by atoms with E-state index in [9.17, 15) is 4.79 Å². The summed E-state index contributed by atoms with van der Waals surface area (Å²) in [5.74, 6) is -0.201. The molecule has 7 heteroatoms. The average Bonchev–Trinajstić information content (AvgIpc) is 2.26. The van der Waals surface area contributed by atoms with Crippen molar-refractivity contribution in [3.05, 3.63) is 12.2 Å². The molecule has 2 unspecified atom stereocenters. The summed E-state index contributed by atoms with van der Waals surface area (Å²) >= 11 is 0. The second-order valence-electron chi connectivity index (χ2n) is 4.11. The zero-order valence-electron chi connectivity index (χ0n) is 9.62. The van der Waals surface area contributed by atoms with Gasteiger partial charge >= 0.3 is 5.97 Å². The molecule has 1 fully saturated rings. The van der Waals surface area contributed by atoms with Gasteiger partial charge in [0.15, 0.2) is 0 Å². The van der Waals surface area contributed by atoms with Gasteiger partial charge in [-0.15, -0.1) is 0 Å². The van der Waals surface area contributed by atoms with Crippen molar-refractivity contribution in [2.75, 3.05) is 6.23 Å². The molecule has 0 aliphatic carbocycles. The third kappa shape index (κ3) is 4.19. The molecule has 0 radical (unpaired) electrons. The van der Waals surface area contributed by atoms with Crippen molar-refractivity contribution in [2.45, 2.75) is 26.0 Å². The molecule has 0 spiro atoms. The highest BCUT2D eigenvalue weighted by atomic mass is 29.7. The van der Waals surface area contributed by atoms with Crippen LogP contribution in [0.1, 0.15) is 20.3 Å². The van der Waals surface area contributed by atoms with Crippen LogP contribution in [0.25, 0.3) is 0 Å². The van der Waals surface area contributed by atoms with E-state index in [1.165, 1.54) is 0 Å². The minimum atomic E-state index is -0.810. The summed E-state index contributed by atoms with van der Waals surface area (Å²) in [6.45, 7) is 7.46. The molecule has 15 heavy (non-hydrogen) atoms. The molecule has 0 aromatic carbocycles. The Hall–Kier alpha value is 0.0375. The van der Waals surface area contributed by atoms with Crippen LogP contribution in [-0.4, -0.2) is 52.6 Å². The first-order valence-corrected chi connectivity index (χ1v) is 18.9. The van der Waals surface area contributed by atoms with E-state index in [0.717, 1.165) is 12.7 Å². The van der Waals surface area contributed by atoms with Gasteiger partial charge in [0.1, 0.15) is 9.28 Å². The summed E-state index contributed by atoms with van der Waals surface area (Å²) < 4.78 is 11.2. The zero-order valence-corrected chi connectivity index (χ0v) is 15.0. The summed E-state index contributed by atoms with van der Waals surface area (Å²) in [4.78, 5) is 11.4. The quantitative estimate of drug-likeness (QED) is 0.337. The van der Waals surface area contributed by atoms with Crippen LogP contribution in [0.5, 0.6) is 0 Å². The maximum Gasteiger partial charge on any atom is 0.333 e. The lowest BCUT2D eigenvalue weighted by atomic mass is 10.4. The molecule has 1 aliphatic heterocycles. The topological polar surface area (TPSA) is 35.5 Å². The number of carbonyl (C=O) groups excluding carboxylic acids is 1. The Morgan fingerprint density at radius 2 is 2.47 bits per heavy atom. The fourth-order valence-corrected chi connectivity index (χ4v) is 46.5. The van der Waals surface area contributed by atoms with Crippen molar-refractivity contribution < 1.29 is 14.0 Å². The number of hydrogen-bond acceptors (Lipinski definition) is 3. The third-order valence-corrected chi connectivity index (χ3v) is 38.9. The number of hydrogen-bond donors (Lipinski definition) is 0. The van der Waals surface area contributed by atoms with Crippen LogP contribution < -0.4 is 0 Å². The van der Waals surface area contributed by atoms with E-state index in [2.05, 4.69) is 13.5 Å². The smallest absolute Gasteiger partial charge is 0.333 e. The van der Waals surface area contributed by atoms with Gasteiger partial charge in [0.2, 0.25) is 0 Å². The lowest BCUT2D eigenvalue weighted by Crippen LogP contribution is -2.51. The first-order chi connectivity index (χ1) is 7.15. The van der Waals surface area contributed by atoms with Crippen LogP contribution in [0.4, 0.5) is 0 Å². The van der Waals surface area contributed by atoms with Crippen LogP contribution in [0.3, 0.4) is 0 Å². The molecule has 0 aromatic rings. The highest BCUT2D eigenvalue weighted by Gasteiger charge is 2.28. The molecule has 1 saturated heterocycles. The molecule has 1 rings (SSSR count). The largest absolute Gasteiger partial charge is 0.463 e. The van der Waals surface area contributed by atoms with Crippen molar-refractivity contribution in [1.29, 1.82) is 0 Å². The van der Waals surface area contributed by atoms with E-state index in [-0.39, 0.29) is 38.1 Å². The van der Waals surface area contributed by atoms with Gasteiger partial charge in [0.05, 0.1) is 14.0 Å². The predicted molar refractivity (Wildman–Crippen MR) is 73.7 cm³/mol. The van der Waals surface area contributed by atoms with Crippen LogP contribution in [0.2, 0.25) is 0 Å². The van der Waals surface area contributed by atoms with Crippen LogP contribution in [0, 0.1) is 0 Å². The van der Waals surface area contributed by atoms with E-state index in [4.69, 9.17) is 9.16 Å². The van der Waals surface area contributed by atoms with Crippen molar-refractivity contribution in [2.24, 2.45) is 0 Å². The van der Waals surface area contributed by atoms with Gasteiger partial charge in [0, 0.05) is 28.9 Å². The second kappa shape index (κ2) is 6.58. The Kier molecular flexibility index (Phi) is 5.75. The maximum atomic E-state index is 11.4. The van der Waals surface area contributed by atoms with Gasteiger partial charge in [-0.25, -0.2) is 4.79 Å². The van der Waals surface area contributed by atoms with Crippen LogP contribution >= 0.6 is 0 Å². The minimum absolute atomic E-state index is 0.0283. The van der Waals surface area contributed by atoms with Gasteiger partial charge in [-0.1, -0.05) is 13.5 Å². The first-order valence-electron chi connectivity index (χ1n) is 5.59. The van der Waals surface area contributed by atoms with Gasteiger partial charge in [-0.2, -0.15) is 0 Å². The second-order valence-corrected chi connectivity index (χ2v) is 28.6. The Balaban J connectivity index is 2.46. The fraction of sp³-hybridized carbons (Fsp3) is 0.625. The molecule has 1 aliphatic rings. The van der Waals surface area contributed by atoms with Gasteiger partial charge < -0.3 is 9.16 Å². The Bertz CT molecular complexity index is 240. The SMILES string of the molecule is C=C(C)C(=O)OC(CC)[SiH]1CO[SiH2][SiH2][SiH2]1. The highest BCUT2D eigenvalue weighted by Crippen LogP contribution is 2.08. The molecule has 0 saturated carbocycles. The van der Waals surface area contributed by atoms with E-state index in [1.807, 2.05) is 0 Å². The third-order valence-electron chi connectivity index (χ3n) is 2.73. The molecule has 0 N–H and O–H groups in total. The van der Waals surface area contributed by atoms with Gasteiger partial charge in [-0.3, -0.25) is 0 Å². The summed E-state index contributed by atoms with van der Waals surface area (Å²) in [6, 6.07) is 0. The van der Waals surface area contributed by atoms with Crippen molar-refractivity contribution in [1.82, 2.24) is 0 Å².